The summed E-state index contributed by atoms with van der Waals surface area (Å²) in [6.07, 6.45) is 9.08. The van der Waals surface area contributed by atoms with Gasteiger partial charge in [0.1, 0.15) is 11.7 Å². The number of aromatic nitrogens is 1. The number of aliphatic carboxylic acids is 1. The summed E-state index contributed by atoms with van der Waals surface area (Å²) in [5.74, 6) is -0.770. The third kappa shape index (κ3) is 4.70. The molecule has 0 radical (unpaired) electrons. The average molecular weight is 490 g/mol. The molecule has 1 aliphatic carbocycles. The number of carbonyl (C=O) groups is 1. The van der Waals surface area contributed by atoms with Crippen LogP contribution in [0.3, 0.4) is 0 Å². The molecule has 2 aromatic carbocycles. The van der Waals surface area contributed by atoms with Gasteiger partial charge in [-0.1, -0.05) is 67.3 Å². The Morgan fingerprint density at radius 1 is 1.12 bits per heavy atom. The van der Waals surface area contributed by atoms with Crippen LogP contribution in [-0.2, 0) is 11.8 Å². The van der Waals surface area contributed by atoms with Gasteiger partial charge in [-0.3, -0.25) is 4.79 Å². The SMILES string of the molecule is C[n+]1c(C=C2C=C(C=C3Sc4ccccc4N3CCC(=O)O)CC(C)(C)C2)sc2ccccc21. The molecule has 0 fully saturated rings. The van der Waals surface area contributed by atoms with E-state index in [1.54, 1.807) is 11.8 Å². The number of fused-ring (bicyclic) bond motifs is 2. The largest absolute Gasteiger partial charge is 0.481 e. The fourth-order valence-electron chi connectivity index (χ4n) is 4.86. The number of benzene rings is 2. The minimum Gasteiger partial charge on any atom is -0.481 e. The molecule has 6 heteroatoms. The highest BCUT2D eigenvalue weighted by Crippen LogP contribution is 2.47. The van der Waals surface area contributed by atoms with E-state index in [0.717, 1.165) is 23.6 Å². The smallest absolute Gasteiger partial charge is 0.305 e. The van der Waals surface area contributed by atoms with Gasteiger partial charge < -0.3 is 10.0 Å². The van der Waals surface area contributed by atoms with Crippen molar-refractivity contribution >= 4 is 51.0 Å². The summed E-state index contributed by atoms with van der Waals surface area (Å²) in [6, 6.07) is 16.8. The molecule has 1 aliphatic heterocycles. The first kappa shape index (κ1) is 22.9. The van der Waals surface area contributed by atoms with E-state index in [1.807, 2.05) is 23.5 Å². The molecule has 0 saturated carbocycles. The fourth-order valence-corrected chi connectivity index (χ4v) is 7.15. The van der Waals surface area contributed by atoms with E-state index in [1.165, 1.54) is 31.3 Å². The van der Waals surface area contributed by atoms with Gasteiger partial charge in [-0.25, -0.2) is 0 Å². The number of carboxylic acid groups (broad SMARTS) is 1. The molecule has 0 amide bonds. The van der Waals surface area contributed by atoms with Crippen molar-refractivity contribution in [2.75, 3.05) is 11.4 Å². The zero-order valence-electron chi connectivity index (χ0n) is 19.7. The summed E-state index contributed by atoms with van der Waals surface area (Å²) < 4.78 is 3.57. The second-order valence-corrected chi connectivity index (χ2v) is 11.9. The lowest BCUT2D eigenvalue weighted by Gasteiger charge is -2.31. The maximum atomic E-state index is 11.3. The molecule has 2 heterocycles. The molecule has 0 unspecified atom stereocenters. The number of allylic oxidation sites excluding steroid dienone is 4. The number of nitrogens with zero attached hydrogens (tertiary/aromatic N) is 2. The van der Waals surface area contributed by atoms with E-state index in [4.69, 9.17) is 0 Å². The average Bonchev–Trinajstić information content (AvgIpc) is 3.28. The van der Waals surface area contributed by atoms with Gasteiger partial charge in [0.25, 0.3) is 5.01 Å². The monoisotopic (exact) mass is 489 g/mol. The number of aryl methyl sites for hydroxylation is 1. The van der Waals surface area contributed by atoms with E-state index >= 15 is 0 Å². The molecule has 34 heavy (non-hydrogen) atoms. The van der Waals surface area contributed by atoms with E-state index in [2.05, 4.69) is 85.0 Å². The zero-order valence-corrected chi connectivity index (χ0v) is 21.4. The van der Waals surface area contributed by atoms with Crippen molar-refractivity contribution in [2.45, 2.75) is 38.0 Å². The molecular weight excluding hydrogens is 460 g/mol. The van der Waals surface area contributed by atoms with Gasteiger partial charge in [0.05, 0.1) is 17.1 Å². The number of rotatable bonds is 5. The minimum atomic E-state index is -0.770. The molecule has 1 N–H and O–H groups in total. The van der Waals surface area contributed by atoms with Crippen LogP contribution in [0.2, 0.25) is 0 Å². The van der Waals surface area contributed by atoms with E-state index < -0.39 is 5.97 Å². The number of hydrogen-bond donors (Lipinski definition) is 1. The highest BCUT2D eigenvalue weighted by Gasteiger charge is 2.29. The van der Waals surface area contributed by atoms with Crippen molar-refractivity contribution in [1.82, 2.24) is 0 Å². The molecule has 1 aromatic heterocycles. The molecule has 4 nitrogen and oxygen atoms in total. The standard InChI is InChI=1S/C28H28N2O2S2/c1-28(2)17-19(15-25-29(3)21-8-4-6-10-23(21)33-25)14-20(18-28)16-26-30(13-12-27(31)32)22-9-5-7-11-24(22)34-26/h4-11,14-16H,12-13,17-18H2,1-3H3/p+1. The maximum absolute atomic E-state index is 11.3. The minimum absolute atomic E-state index is 0.115. The first-order valence-corrected chi connectivity index (χ1v) is 13.2. The van der Waals surface area contributed by atoms with Gasteiger partial charge in [-0.15, -0.1) is 0 Å². The van der Waals surface area contributed by atoms with E-state index in [-0.39, 0.29) is 11.8 Å². The Hall–Kier alpha value is -2.83. The van der Waals surface area contributed by atoms with E-state index in [9.17, 15) is 9.90 Å². The molecule has 174 valence electrons. The Bertz CT molecular complexity index is 1360. The molecule has 0 bridgehead atoms. The van der Waals surface area contributed by atoms with Gasteiger partial charge >= 0.3 is 5.97 Å². The van der Waals surface area contributed by atoms with Crippen LogP contribution in [0.4, 0.5) is 5.69 Å². The summed E-state index contributed by atoms with van der Waals surface area (Å²) in [7, 11) is 2.14. The Labute approximate surface area is 208 Å². The Morgan fingerprint density at radius 3 is 2.68 bits per heavy atom. The molecule has 0 spiro atoms. The number of hydrogen-bond acceptors (Lipinski definition) is 4. The lowest BCUT2D eigenvalue weighted by Crippen LogP contribution is -2.29. The number of anilines is 1. The van der Waals surface area contributed by atoms with Crippen molar-refractivity contribution in [3.63, 3.8) is 0 Å². The third-order valence-corrected chi connectivity index (χ3v) is 8.59. The fraction of sp³-hybridized carbons (Fsp3) is 0.286. The lowest BCUT2D eigenvalue weighted by atomic mass is 9.75. The van der Waals surface area contributed by atoms with Crippen molar-refractivity contribution in [2.24, 2.45) is 12.5 Å². The summed E-state index contributed by atoms with van der Waals surface area (Å²) in [6.45, 7) is 5.13. The normalized spacial score (nSPS) is 19.6. The highest BCUT2D eigenvalue weighted by molar-refractivity contribution is 8.03. The van der Waals surface area contributed by atoms with Gasteiger partial charge in [-0.05, 0) is 53.7 Å². The third-order valence-electron chi connectivity index (χ3n) is 6.31. The van der Waals surface area contributed by atoms with Gasteiger partial charge in [0, 0.05) is 23.6 Å². The zero-order chi connectivity index (χ0) is 23.9. The molecule has 0 saturated heterocycles. The quantitative estimate of drug-likeness (QED) is 0.401. The van der Waals surface area contributed by atoms with Crippen molar-refractivity contribution < 1.29 is 14.5 Å². The van der Waals surface area contributed by atoms with Gasteiger partial charge in [0.15, 0.2) is 0 Å². The van der Waals surface area contributed by atoms with Crippen LogP contribution in [0.15, 0.2) is 81.8 Å². The van der Waals surface area contributed by atoms with Crippen LogP contribution >= 0.6 is 23.1 Å². The van der Waals surface area contributed by atoms with Crippen molar-refractivity contribution in [3.05, 3.63) is 81.9 Å². The Morgan fingerprint density at radius 2 is 1.88 bits per heavy atom. The summed E-state index contributed by atoms with van der Waals surface area (Å²) in [5, 5.41) is 11.6. The van der Waals surface area contributed by atoms with Gasteiger partial charge in [0.2, 0.25) is 5.52 Å². The van der Waals surface area contributed by atoms with Crippen LogP contribution in [0.5, 0.6) is 0 Å². The van der Waals surface area contributed by atoms with Gasteiger partial charge in [-0.2, -0.15) is 4.57 Å². The number of carboxylic acids is 1. The van der Waals surface area contributed by atoms with E-state index in [0.29, 0.717) is 6.54 Å². The molecule has 0 atom stereocenters. The first-order valence-electron chi connectivity index (χ1n) is 11.6. The topological polar surface area (TPSA) is 44.4 Å². The summed E-state index contributed by atoms with van der Waals surface area (Å²) in [4.78, 5) is 14.6. The molecule has 3 aromatic rings. The predicted octanol–water partition coefficient (Wildman–Crippen LogP) is 6.78. The Balaban J connectivity index is 1.51. The number of thioether (sulfide) groups is 1. The molecular formula is C28H29N2O2S2+. The van der Waals surface area contributed by atoms with Crippen LogP contribution < -0.4 is 9.47 Å². The lowest BCUT2D eigenvalue weighted by molar-refractivity contribution is -0.642. The van der Waals surface area contributed by atoms with Crippen molar-refractivity contribution in [3.8, 4) is 0 Å². The summed E-state index contributed by atoms with van der Waals surface area (Å²) in [5.41, 5.74) is 5.15. The second-order valence-electron chi connectivity index (χ2n) is 9.77. The van der Waals surface area contributed by atoms with Crippen LogP contribution in [-0.4, -0.2) is 17.6 Å². The first-order chi connectivity index (χ1) is 16.3. The number of thiazole rings is 1. The second kappa shape index (κ2) is 9.08. The highest BCUT2D eigenvalue weighted by atomic mass is 32.2. The Kier molecular flexibility index (Phi) is 6.13. The summed E-state index contributed by atoms with van der Waals surface area (Å²) >= 11 is 3.56. The molecule has 2 aliphatic rings. The predicted molar refractivity (Wildman–Crippen MR) is 142 cm³/mol. The molecule has 5 rings (SSSR count). The van der Waals surface area contributed by atoms with Crippen LogP contribution in [0.25, 0.3) is 16.3 Å². The number of para-hydroxylation sites is 2. The maximum Gasteiger partial charge on any atom is 0.305 e. The van der Waals surface area contributed by atoms with Crippen molar-refractivity contribution in [1.29, 1.82) is 0 Å². The van der Waals surface area contributed by atoms with Crippen LogP contribution in [0, 0.1) is 5.41 Å². The van der Waals surface area contributed by atoms with Crippen LogP contribution in [0.1, 0.15) is 38.1 Å².